The summed E-state index contributed by atoms with van der Waals surface area (Å²) in [5, 5.41) is 16.9. The molecule has 0 atom stereocenters. The van der Waals surface area contributed by atoms with Crippen molar-refractivity contribution in [3.63, 3.8) is 0 Å². The lowest BCUT2D eigenvalue weighted by Crippen LogP contribution is -2.21. The van der Waals surface area contributed by atoms with Crippen LogP contribution in [-0.4, -0.2) is 29.4 Å². The Morgan fingerprint density at radius 2 is 2.32 bits per heavy atom. The third-order valence-electron chi connectivity index (χ3n) is 3.39. The predicted molar refractivity (Wildman–Crippen MR) is 82.4 cm³/mol. The van der Waals surface area contributed by atoms with Gasteiger partial charge in [-0.05, 0) is 25.5 Å². The van der Waals surface area contributed by atoms with Gasteiger partial charge < -0.3 is 15.8 Å². The fraction of sp³-hybridized carbons (Fsp3) is 0.400. The number of aromatic nitrogens is 2. The van der Waals surface area contributed by atoms with Crippen molar-refractivity contribution in [1.29, 1.82) is 5.26 Å². The average Bonchev–Trinajstić information content (AvgIpc) is 2.84. The van der Waals surface area contributed by atoms with Gasteiger partial charge in [-0.1, -0.05) is 6.08 Å². The fourth-order valence-corrected chi connectivity index (χ4v) is 2.21. The van der Waals surface area contributed by atoms with E-state index in [1.807, 2.05) is 19.9 Å². The Kier molecular flexibility index (Phi) is 4.51. The number of carbonyl (C=O) groups is 1. The Morgan fingerprint density at radius 3 is 2.82 bits per heavy atom. The van der Waals surface area contributed by atoms with E-state index < -0.39 is 0 Å². The number of carbonyl (C=O) groups excluding carboxylic acids is 1. The molecule has 2 rings (SSSR count). The van der Waals surface area contributed by atoms with Crippen LogP contribution in [0.4, 0.5) is 5.82 Å². The molecule has 1 aliphatic rings. The second kappa shape index (κ2) is 6.35. The molecule has 0 unspecified atom stereocenters. The number of nitrogens with two attached hydrogens (primary N) is 1. The number of nitrogens with zero attached hydrogens (tertiary/aromatic N) is 3. The van der Waals surface area contributed by atoms with Gasteiger partial charge in [-0.3, -0.25) is 4.79 Å². The zero-order chi connectivity index (χ0) is 16.3. The van der Waals surface area contributed by atoms with Gasteiger partial charge in [0.25, 0.3) is 0 Å². The summed E-state index contributed by atoms with van der Waals surface area (Å²) in [6, 6.07) is 2.17. The van der Waals surface area contributed by atoms with E-state index in [1.165, 1.54) is 7.11 Å². The number of nitrogen functional groups attached to an aromatic ring is 1. The Hall–Kier alpha value is -2.75. The molecule has 0 saturated carbocycles. The van der Waals surface area contributed by atoms with Crippen molar-refractivity contribution < 1.29 is 9.53 Å². The van der Waals surface area contributed by atoms with E-state index in [9.17, 15) is 10.1 Å². The molecule has 0 bridgehead atoms. The summed E-state index contributed by atoms with van der Waals surface area (Å²) in [5.41, 5.74) is 8.49. The van der Waals surface area contributed by atoms with Gasteiger partial charge in [-0.2, -0.15) is 10.4 Å². The summed E-state index contributed by atoms with van der Waals surface area (Å²) >= 11 is 0. The van der Waals surface area contributed by atoms with Crippen LogP contribution in [0, 0.1) is 11.3 Å². The Bertz CT molecular complexity index is 692. The van der Waals surface area contributed by atoms with Crippen LogP contribution in [0.1, 0.15) is 37.6 Å². The van der Waals surface area contributed by atoms with Crippen molar-refractivity contribution in [3.05, 3.63) is 29.0 Å². The van der Waals surface area contributed by atoms with Crippen molar-refractivity contribution in [2.75, 3.05) is 19.4 Å². The van der Waals surface area contributed by atoms with Gasteiger partial charge in [0, 0.05) is 12.6 Å². The number of nitriles is 1. The van der Waals surface area contributed by atoms with Crippen molar-refractivity contribution in [2.24, 2.45) is 0 Å². The Balaban J connectivity index is 2.32. The maximum atomic E-state index is 11.3. The molecule has 2 heterocycles. The highest BCUT2D eigenvalue weighted by molar-refractivity contribution is 5.76. The van der Waals surface area contributed by atoms with E-state index in [2.05, 4.69) is 21.2 Å². The molecule has 1 aromatic heterocycles. The van der Waals surface area contributed by atoms with Gasteiger partial charge in [0.1, 0.15) is 23.1 Å². The van der Waals surface area contributed by atoms with Crippen LogP contribution in [0.15, 0.2) is 17.7 Å². The first-order valence-corrected chi connectivity index (χ1v) is 6.96. The lowest BCUT2D eigenvalue weighted by Gasteiger charge is -2.15. The number of allylic oxidation sites excluding steroid dienone is 2. The smallest absolute Gasteiger partial charge is 0.309 e. The van der Waals surface area contributed by atoms with E-state index in [-0.39, 0.29) is 18.4 Å². The highest BCUT2D eigenvalue weighted by Gasteiger charge is 2.21. The molecule has 1 aromatic rings. The zero-order valence-electron chi connectivity index (χ0n) is 12.9. The third-order valence-corrected chi connectivity index (χ3v) is 3.39. The summed E-state index contributed by atoms with van der Waals surface area (Å²) in [4.78, 5) is 11.3. The Labute approximate surface area is 129 Å². The monoisotopic (exact) mass is 301 g/mol. The Morgan fingerprint density at radius 1 is 1.59 bits per heavy atom. The summed E-state index contributed by atoms with van der Waals surface area (Å²) in [7, 11) is 1.36. The molecule has 22 heavy (non-hydrogen) atoms. The fourth-order valence-electron chi connectivity index (χ4n) is 2.21. The van der Waals surface area contributed by atoms with Gasteiger partial charge in [-0.25, -0.2) is 4.68 Å². The third kappa shape index (κ3) is 2.96. The average molecular weight is 301 g/mol. The summed E-state index contributed by atoms with van der Waals surface area (Å²) in [6.07, 6.45) is 3.88. The molecule has 0 aliphatic carbocycles. The van der Waals surface area contributed by atoms with Crippen LogP contribution in [0.5, 0.6) is 0 Å². The van der Waals surface area contributed by atoms with E-state index >= 15 is 0 Å². The minimum Gasteiger partial charge on any atom is -0.469 e. The molecule has 0 amide bonds. The van der Waals surface area contributed by atoms with E-state index in [1.54, 1.807) is 10.8 Å². The minimum atomic E-state index is -0.282. The summed E-state index contributed by atoms with van der Waals surface area (Å²) in [5.74, 6) is 0.0791. The molecule has 0 aromatic carbocycles. The number of methoxy groups -OCH3 is 1. The summed E-state index contributed by atoms with van der Waals surface area (Å²) < 4.78 is 6.27. The molecule has 7 heteroatoms. The number of nitrogens with one attached hydrogen (secondary N) is 1. The van der Waals surface area contributed by atoms with Crippen molar-refractivity contribution >= 4 is 17.5 Å². The largest absolute Gasteiger partial charge is 0.469 e. The highest BCUT2D eigenvalue weighted by Crippen LogP contribution is 2.26. The topological polar surface area (TPSA) is 106 Å². The van der Waals surface area contributed by atoms with Gasteiger partial charge >= 0.3 is 5.97 Å². The van der Waals surface area contributed by atoms with Gasteiger partial charge in [0.2, 0.25) is 0 Å². The number of rotatable bonds is 4. The van der Waals surface area contributed by atoms with Crippen LogP contribution in [-0.2, 0) is 9.53 Å². The van der Waals surface area contributed by atoms with Crippen molar-refractivity contribution in [3.8, 4) is 6.07 Å². The molecule has 3 N–H and O–H groups in total. The van der Waals surface area contributed by atoms with Crippen LogP contribution in [0.2, 0.25) is 0 Å². The first-order chi connectivity index (χ1) is 10.5. The van der Waals surface area contributed by atoms with Crippen molar-refractivity contribution in [2.45, 2.75) is 26.3 Å². The molecule has 116 valence electrons. The summed E-state index contributed by atoms with van der Waals surface area (Å²) in [6.45, 7) is 4.40. The first kappa shape index (κ1) is 15.6. The lowest BCUT2D eigenvalue weighted by molar-refractivity contribution is -0.139. The number of anilines is 1. The van der Waals surface area contributed by atoms with Gasteiger partial charge in [0.05, 0.1) is 19.2 Å². The number of esters is 1. The molecule has 1 aliphatic heterocycles. The molecular formula is C15H19N5O2. The van der Waals surface area contributed by atoms with E-state index in [0.717, 1.165) is 11.3 Å². The van der Waals surface area contributed by atoms with E-state index in [0.29, 0.717) is 23.6 Å². The second-order valence-electron chi connectivity index (χ2n) is 5.27. The van der Waals surface area contributed by atoms with E-state index in [4.69, 9.17) is 5.73 Å². The van der Waals surface area contributed by atoms with Gasteiger partial charge in [-0.15, -0.1) is 0 Å². The molecule has 0 saturated heterocycles. The molecular weight excluding hydrogens is 282 g/mol. The van der Waals surface area contributed by atoms with Crippen LogP contribution < -0.4 is 11.1 Å². The minimum absolute atomic E-state index is 0.0652. The van der Waals surface area contributed by atoms with Crippen LogP contribution in [0.3, 0.4) is 0 Å². The number of dihydropyridines is 1. The second-order valence-corrected chi connectivity index (χ2v) is 5.27. The molecule has 0 radical (unpaired) electrons. The van der Waals surface area contributed by atoms with Gasteiger partial charge in [0.15, 0.2) is 0 Å². The number of hydrogen-bond acceptors (Lipinski definition) is 6. The maximum absolute atomic E-state index is 11.3. The van der Waals surface area contributed by atoms with Crippen LogP contribution in [0.25, 0.3) is 5.70 Å². The molecule has 7 nitrogen and oxygen atoms in total. The lowest BCUT2D eigenvalue weighted by atomic mass is 10.1. The normalized spacial score (nSPS) is 14.0. The number of hydrogen-bond donors (Lipinski definition) is 2. The standard InChI is InChI=1S/C15H19N5O2/c1-9(2)20-15(17)11(7-16)14(19-20)12-5-4-10(8-18-12)6-13(21)22-3/h4-5,9,18H,6,8,17H2,1-3H3. The van der Waals surface area contributed by atoms with Crippen LogP contribution >= 0.6 is 0 Å². The molecule has 0 spiro atoms. The van der Waals surface area contributed by atoms with Crippen molar-refractivity contribution in [1.82, 2.24) is 15.1 Å². The quantitative estimate of drug-likeness (QED) is 0.813. The highest BCUT2D eigenvalue weighted by atomic mass is 16.5. The maximum Gasteiger partial charge on any atom is 0.309 e. The molecule has 0 fully saturated rings. The SMILES string of the molecule is COC(=O)CC1=CC=C(c2nn(C(C)C)c(N)c2C#N)NC1. The first-order valence-electron chi connectivity index (χ1n) is 6.96. The number of ether oxygens (including phenoxy) is 1. The predicted octanol–water partition coefficient (Wildman–Crippen LogP) is 1.35. The zero-order valence-corrected chi connectivity index (χ0v) is 12.9.